The van der Waals surface area contributed by atoms with E-state index in [9.17, 15) is 0 Å². The zero-order chi connectivity index (χ0) is 8.10. The maximum absolute atomic E-state index is 5.08. The Morgan fingerprint density at radius 2 is 2.18 bits per heavy atom. The molecule has 0 aromatic heterocycles. The minimum atomic E-state index is 0.956. The van der Waals surface area contributed by atoms with Crippen molar-refractivity contribution in [2.24, 2.45) is 11.8 Å². The van der Waals surface area contributed by atoms with Crippen LogP contribution < -0.4 is 0 Å². The molecule has 0 amide bonds. The molecule has 2 unspecified atom stereocenters. The van der Waals surface area contributed by atoms with E-state index in [4.69, 9.17) is 4.74 Å². The minimum Gasteiger partial charge on any atom is -0.385 e. The van der Waals surface area contributed by atoms with E-state index in [-0.39, 0.29) is 0 Å². The van der Waals surface area contributed by atoms with E-state index in [1.54, 1.807) is 7.11 Å². The summed E-state index contributed by atoms with van der Waals surface area (Å²) < 4.78 is 5.08. The van der Waals surface area contributed by atoms with Crippen molar-refractivity contribution in [1.82, 2.24) is 0 Å². The van der Waals surface area contributed by atoms with E-state index in [1.165, 1.54) is 32.1 Å². The highest BCUT2D eigenvalue weighted by atomic mass is 16.5. The van der Waals surface area contributed by atoms with Crippen molar-refractivity contribution in [3.8, 4) is 0 Å². The number of methoxy groups -OCH3 is 1. The molecule has 1 aliphatic rings. The predicted octanol–water partition coefficient (Wildman–Crippen LogP) is 2.85. The van der Waals surface area contributed by atoms with Crippen molar-refractivity contribution >= 4 is 0 Å². The van der Waals surface area contributed by atoms with Gasteiger partial charge >= 0.3 is 0 Å². The summed E-state index contributed by atoms with van der Waals surface area (Å²) in [5, 5.41) is 0. The fourth-order valence-corrected chi connectivity index (χ4v) is 2.11. The van der Waals surface area contributed by atoms with Crippen LogP contribution in [0, 0.1) is 11.8 Å². The summed E-state index contributed by atoms with van der Waals surface area (Å²) in [5.41, 5.74) is 0. The van der Waals surface area contributed by atoms with Gasteiger partial charge in [-0.3, -0.25) is 0 Å². The molecule has 1 nitrogen and oxygen atoms in total. The minimum absolute atomic E-state index is 0.956. The van der Waals surface area contributed by atoms with E-state index in [0.717, 1.165) is 18.4 Å². The lowest BCUT2D eigenvalue weighted by Gasteiger charge is -2.26. The Balaban J connectivity index is 2.12. The maximum Gasteiger partial charge on any atom is 0.0464 e. The van der Waals surface area contributed by atoms with Gasteiger partial charge in [0.2, 0.25) is 0 Å². The molecule has 1 fully saturated rings. The van der Waals surface area contributed by atoms with Crippen LogP contribution in [0.4, 0.5) is 0 Å². The highest BCUT2D eigenvalue weighted by Crippen LogP contribution is 2.30. The van der Waals surface area contributed by atoms with Gasteiger partial charge in [-0.25, -0.2) is 0 Å². The summed E-state index contributed by atoms with van der Waals surface area (Å²) in [6.45, 7) is 3.33. The van der Waals surface area contributed by atoms with Crippen LogP contribution in [0.2, 0.25) is 0 Å². The van der Waals surface area contributed by atoms with Crippen molar-refractivity contribution in [1.29, 1.82) is 0 Å². The Hall–Kier alpha value is -0.0400. The van der Waals surface area contributed by atoms with Gasteiger partial charge in [0.25, 0.3) is 0 Å². The Labute approximate surface area is 70.1 Å². The summed E-state index contributed by atoms with van der Waals surface area (Å²) in [4.78, 5) is 0. The Morgan fingerprint density at radius 1 is 1.36 bits per heavy atom. The van der Waals surface area contributed by atoms with Gasteiger partial charge in [-0.1, -0.05) is 26.2 Å². The lowest BCUT2D eigenvalue weighted by Crippen LogP contribution is -2.14. The molecule has 11 heavy (non-hydrogen) atoms. The molecule has 66 valence electrons. The second-order valence-electron chi connectivity index (χ2n) is 3.92. The van der Waals surface area contributed by atoms with Crippen molar-refractivity contribution in [3.63, 3.8) is 0 Å². The smallest absolute Gasteiger partial charge is 0.0464 e. The van der Waals surface area contributed by atoms with Crippen LogP contribution in [0.25, 0.3) is 0 Å². The predicted molar refractivity (Wildman–Crippen MR) is 47.6 cm³/mol. The van der Waals surface area contributed by atoms with Crippen molar-refractivity contribution in [2.75, 3.05) is 13.7 Å². The Morgan fingerprint density at radius 3 is 2.82 bits per heavy atom. The molecule has 0 bridgehead atoms. The highest BCUT2D eigenvalue weighted by molar-refractivity contribution is 4.69. The number of rotatable bonds is 3. The molecular formula is C10H20O. The summed E-state index contributed by atoms with van der Waals surface area (Å²) >= 11 is 0. The van der Waals surface area contributed by atoms with Crippen LogP contribution in [0.3, 0.4) is 0 Å². The molecule has 1 heteroatoms. The molecule has 0 saturated heterocycles. The number of ether oxygens (including phenoxy) is 1. The van der Waals surface area contributed by atoms with Gasteiger partial charge in [0, 0.05) is 13.7 Å². The number of hydrogen-bond acceptors (Lipinski definition) is 1. The molecule has 0 heterocycles. The van der Waals surface area contributed by atoms with Gasteiger partial charge in [0.1, 0.15) is 0 Å². The molecular weight excluding hydrogens is 136 g/mol. The zero-order valence-corrected chi connectivity index (χ0v) is 7.81. The molecule has 0 aromatic carbocycles. The summed E-state index contributed by atoms with van der Waals surface area (Å²) in [5.74, 6) is 1.92. The average molecular weight is 156 g/mol. The number of hydrogen-bond donors (Lipinski definition) is 0. The second kappa shape index (κ2) is 4.76. The summed E-state index contributed by atoms with van der Waals surface area (Å²) in [6, 6.07) is 0. The fraction of sp³-hybridized carbons (Fsp3) is 1.00. The van der Waals surface area contributed by atoms with Gasteiger partial charge in [-0.15, -0.1) is 0 Å². The van der Waals surface area contributed by atoms with E-state index in [0.29, 0.717) is 0 Å². The second-order valence-corrected chi connectivity index (χ2v) is 3.92. The molecule has 0 aliphatic heterocycles. The van der Waals surface area contributed by atoms with Gasteiger partial charge in [-0.05, 0) is 24.7 Å². The third-order valence-electron chi connectivity index (χ3n) is 2.78. The molecule has 0 N–H and O–H groups in total. The quantitative estimate of drug-likeness (QED) is 0.610. The first kappa shape index (κ1) is 9.05. The van der Waals surface area contributed by atoms with Gasteiger partial charge in [0.05, 0.1) is 0 Å². The Bertz CT molecular complexity index is 101. The lowest BCUT2D eigenvalue weighted by atomic mass is 9.81. The van der Waals surface area contributed by atoms with E-state index >= 15 is 0 Å². The third-order valence-corrected chi connectivity index (χ3v) is 2.78. The first-order valence-electron chi connectivity index (χ1n) is 4.82. The third kappa shape index (κ3) is 3.24. The van der Waals surface area contributed by atoms with Crippen LogP contribution in [-0.4, -0.2) is 13.7 Å². The van der Waals surface area contributed by atoms with Crippen LogP contribution in [0.1, 0.15) is 39.0 Å². The first-order chi connectivity index (χ1) is 5.33. The SMILES string of the molecule is COCCC1CCCC(C)C1. The van der Waals surface area contributed by atoms with Gasteiger partial charge in [-0.2, -0.15) is 0 Å². The van der Waals surface area contributed by atoms with Crippen molar-refractivity contribution in [3.05, 3.63) is 0 Å². The zero-order valence-electron chi connectivity index (χ0n) is 7.81. The largest absolute Gasteiger partial charge is 0.385 e. The van der Waals surface area contributed by atoms with E-state index in [1.807, 2.05) is 0 Å². The van der Waals surface area contributed by atoms with Crippen LogP contribution >= 0.6 is 0 Å². The van der Waals surface area contributed by atoms with Crippen LogP contribution in [0.15, 0.2) is 0 Å². The molecule has 1 saturated carbocycles. The van der Waals surface area contributed by atoms with Crippen molar-refractivity contribution < 1.29 is 4.74 Å². The maximum atomic E-state index is 5.08. The first-order valence-corrected chi connectivity index (χ1v) is 4.82. The standard InChI is InChI=1S/C10H20O/c1-9-4-3-5-10(8-9)6-7-11-2/h9-10H,3-8H2,1-2H3. The molecule has 2 atom stereocenters. The van der Waals surface area contributed by atoms with Crippen LogP contribution in [-0.2, 0) is 4.74 Å². The molecule has 0 radical (unpaired) electrons. The van der Waals surface area contributed by atoms with E-state index < -0.39 is 0 Å². The van der Waals surface area contributed by atoms with Crippen molar-refractivity contribution in [2.45, 2.75) is 39.0 Å². The Kier molecular flexibility index (Phi) is 3.92. The highest BCUT2D eigenvalue weighted by Gasteiger charge is 2.17. The fourth-order valence-electron chi connectivity index (χ4n) is 2.11. The molecule has 0 aromatic rings. The topological polar surface area (TPSA) is 9.23 Å². The van der Waals surface area contributed by atoms with Gasteiger partial charge in [0.15, 0.2) is 0 Å². The van der Waals surface area contributed by atoms with E-state index in [2.05, 4.69) is 6.92 Å². The summed E-state index contributed by atoms with van der Waals surface area (Å²) in [7, 11) is 1.80. The lowest BCUT2D eigenvalue weighted by molar-refractivity contribution is 0.156. The molecule has 1 aliphatic carbocycles. The average Bonchev–Trinajstić information content (AvgIpc) is 2.01. The normalized spacial score (nSPS) is 32.2. The van der Waals surface area contributed by atoms with Crippen LogP contribution in [0.5, 0.6) is 0 Å². The molecule has 0 spiro atoms. The monoisotopic (exact) mass is 156 g/mol. The van der Waals surface area contributed by atoms with Gasteiger partial charge < -0.3 is 4.74 Å². The molecule has 1 rings (SSSR count). The summed E-state index contributed by atoms with van der Waals surface area (Å²) in [6.07, 6.45) is 7.04.